The van der Waals surface area contributed by atoms with Crippen molar-refractivity contribution < 1.29 is 4.74 Å². The van der Waals surface area contributed by atoms with Gasteiger partial charge in [-0.05, 0) is 54.4 Å². The minimum Gasteiger partial charge on any atom is -0.480 e. The van der Waals surface area contributed by atoms with Crippen LogP contribution in [-0.4, -0.2) is 21.8 Å². The minimum absolute atomic E-state index is 0.149. The highest BCUT2D eigenvalue weighted by Crippen LogP contribution is 2.52. The number of rotatable bonds is 2. The summed E-state index contributed by atoms with van der Waals surface area (Å²) in [5.41, 5.74) is 6.77. The molecule has 33 heavy (non-hydrogen) atoms. The van der Waals surface area contributed by atoms with Crippen molar-refractivity contribution in [3.63, 3.8) is 0 Å². The average molecular weight is 564 g/mol. The van der Waals surface area contributed by atoms with Gasteiger partial charge >= 0.3 is 0 Å². The molecule has 2 atom stereocenters. The summed E-state index contributed by atoms with van der Waals surface area (Å²) < 4.78 is 10.8. The molecule has 0 amide bonds. The molecule has 5 nitrogen and oxygen atoms in total. The molecule has 6 rings (SSSR count). The van der Waals surface area contributed by atoms with Gasteiger partial charge in [0.1, 0.15) is 24.2 Å². The van der Waals surface area contributed by atoms with E-state index in [1.165, 1.54) is 5.56 Å². The van der Waals surface area contributed by atoms with Gasteiger partial charge in [-0.2, -0.15) is 10.1 Å². The van der Waals surface area contributed by atoms with E-state index < -0.39 is 0 Å². The third kappa shape index (κ3) is 3.33. The molecule has 0 radical (unpaired) electrons. The lowest BCUT2D eigenvalue weighted by Crippen LogP contribution is -2.37. The van der Waals surface area contributed by atoms with E-state index in [2.05, 4.69) is 128 Å². The van der Waals surface area contributed by atoms with E-state index in [-0.39, 0.29) is 12.1 Å². The Hall–Kier alpha value is -2.90. The summed E-state index contributed by atoms with van der Waals surface area (Å²) in [5, 5.41) is 4.65. The fourth-order valence-corrected chi connectivity index (χ4v) is 5.33. The highest BCUT2D eigenvalue weighted by molar-refractivity contribution is 9.10. The van der Waals surface area contributed by atoms with Crippen LogP contribution in [0.3, 0.4) is 0 Å². The van der Waals surface area contributed by atoms with Crippen LogP contribution in [-0.2, 0) is 0 Å². The lowest BCUT2D eigenvalue weighted by atomic mass is 9.84. The number of hydrogen-bond acceptors (Lipinski definition) is 4. The number of nitrogens with zero attached hydrogens (tertiary/aromatic N) is 4. The van der Waals surface area contributed by atoms with Crippen molar-refractivity contribution in [2.45, 2.75) is 19.1 Å². The number of hydrogen-bond donors (Lipinski definition) is 0. The van der Waals surface area contributed by atoms with Crippen LogP contribution >= 0.6 is 31.9 Å². The molecular formula is C26H20Br2N4O. The van der Waals surface area contributed by atoms with Crippen LogP contribution in [0.5, 0.6) is 5.75 Å². The molecule has 0 bridgehead atoms. The highest BCUT2D eigenvalue weighted by atomic mass is 79.9. The van der Waals surface area contributed by atoms with Crippen LogP contribution in [0.2, 0.25) is 0 Å². The zero-order valence-electron chi connectivity index (χ0n) is 18.0. The van der Waals surface area contributed by atoms with Crippen LogP contribution in [0.25, 0.3) is 5.70 Å². The molecule has 1 aromatic heterocycles. The zero-order chi connectivity index (χ0) is 22.7. The predicted octanol–water partition coefficient (Wildman–Crippen LogP) is 6.70. The Morgan fingerprint density at radius 1 is 0.879 bits per heavy atom. The molecule has 0 aliphatic carbocycles. The second-order valence-electron chi connectivity index (χ2n) is 8.37. The lowest BCUT2D eigenvalue weighted by molar-refractivity contribution is 0.222. The van der Waals surface area contributed by atoms with E-state index in [9.17, 15) is 0 Å². The maximum atomic E-state index is 6.73. The van der Waals surface area contributed by atoms with E-state index in [0.717, 1.165) is 48.6 Å². The van der Waals surface area contributed by atoms with Crippen LogP contribution in [0.15, 0.2) is 87.6 Å². The maximum absolute atomic E-state index is 6.73. The van der Waals surface area contributed by atoms with Gasteiger partial charge in [-0.3, -0.25) is 0 Å². The predicted molar refractivity (Wildman–Crippen MR) is 136 cm³/mol. The highest BCUT2D eigenvalue weighted by Gasteiger charge is 2.43. The lowest BCUT2D eigenvalue weighted by Gasteiger charge is -2.42. The molecule has 0 saturated carbocycles. The normalized spacial score (nSPS) is 19.0. The molecule has 4 aromatic rings. The van der Waals surface area contributed by atoms with E-state index in [1.807, 2.05) is 4.68 Å². The summed E-state index contributed by atoms with van der Waals surface area (Å²) in [5.74, 6) is 1.69. The molecule has 0 fully saturated rings. The van der Waals surface area contributed by atoms with E-state index >= 15 is 0 Å². The van der Waals surface area contributed by atoms with Gasteiger partial charge in [0.2, 0.25) is 5.95 Å². The number of ether oxygens (including phenoxy) is 1. The van der Waals surface area contributed by atoms with E-state index in [1.54, 1.807) is 6.33 Å². The Balaban J connectivity index is 1.66. The van der Waals surface area contributed by atoms with Crippen LogP contribution in [0.4, 0.5) is 5.95 Å². The number of aryl methyl sites for hydroxylation is 1. The number of fused-ring (bicyclic) bond motifs is 3. The van der Waals surface area contributed by atoms with Gasteiger partial charge in [-0.1, -0.05) is 67.8 Å². The van der Waals surface area contributed by atoms with Crippen LogP contribution in [0.1, 0.15) is 34.4 Å². The zero-order valence-corrected chi connectivity index (χ0v) is 21.2. The third-order valence-electron chi connectivity index (χ3n) is 6.28. The largest absolute Gasteiger partial charge is 0.480 e. The number of aromatic nitrogens is 3. The van der Waals surface area contributed by atoms with Crippen molar-refractivity contribution in [3.05, 3.63) is 110 Å². The summed E-state index contributed by atoms with van der Waals surface area (Å²) in [7, 11) is 2.06. The molecule has 7 heteroatoms. The smallest absolute Gasteiger partial charge is 0.229 e. The monoisotopic (exact) mass is 562 g/mol. The maximum Gasteiger partial charge on any atom is 0.229 e. The Morgan fingerprint density at radius 3 is 2.24 bits per heavy atom. The number of anilines is 1. The first-order valence-corrected chi connectivity index (χ1v) is 12.3. The van der Waals surface area contributed by atoms with Crippen LogP contribution < -0.4 is 9.64 Å². The molecule has 0 saturated heterocycles. The Labute approximate surface area is 209 Å². The van der Waals surface area contributed by atoms with Gasteiger partial charge in [0, 0.05) is 27.1 Å². The van der Waals surface area contributed by atoms with E-state index in [4.69, 9.17) is 4.74 Å². The fraction of sp³-hybridized carbons (Fsp3) is 0.154. The van der Waals surface area contributed by atoms with Crippen molar-refractivity contribution in [2.24, 2.45) is 0 Å². The van der Waals surface area contributed by atoms with E-state index in [0.29, 0.717) is 0 Å². The first-order valence-electron chi connectivity index (χ1n) is 10.7. The van der Waals surface area contributed by atoms with Gasteiger partial charge in [-0.15, -0.1) is 0 Å². The van der Waals surface area contributed by atoms with Gasteiger partial charge < -0.3 is 9.64 Å². The molecule has 3 heterocycles. The molecule has 2 aliphatic heterocycles. The van der Waals surface area contributed by atoms with Crippen molar-refractivity contribution in [3.8, 4) is 5.75 Å². The summed E-state index contributed by atoms with van der Waals surface area (Å²) in [6, 6.07) is 23.0. The topological polar surface area (TPSA) is 43.2 Å². The Bertz CT molecular complexity index is 1390. The minimum atomic E-state index is -0.267. The van der Waals surface area contributed by atoms with Crippen molar-refractivity contribution >= 4 is 43.5 Å². The molecular weight excluding hydrogens is 544 g/mol. The second kappa shape index (κ2) is 7.85. The molecule has 0 spiro atoms. The van der Waals surface area contributed by atoms with Crippen molar-refractivity contribution in [1.29, 1.82) is 0 Å². The molecule has 3 aromatic carbocycles. The second-order valence-corrected chi connectivity index (χ2v) is 10.2. The van der Waals surface area contributed by atoms with Crippen molar-refractivity contribution in [2.75, 3.05) is 11.9 Å². The molecule has 0 N–H and O–H groups in total. The van der Waals surface area contributed by atoms with Gasteiger partial charge in [0.25, 0.3) is 0 Å². The number of halogens is 2. The van der Waals surface area contributed by atoms with Gasteiger partial charge in [-0.25, -0.2) is 4.68 Å². The standard InChI is InChI=1S/C26H20Br2N4O/c1-15-3-12-21-20(13-15)24-22(25(33-21)17-6-10-19(28)11-7-17)23(16-4-8-18(27)9-5-16)32-26(31(24)2)29-14-30-32/h3-14,23,25H,1-2H3. The van der Waals surface area contributed by atoms with Gasteiger partial charge in [0.05, 0.1) is 5.70 Å². The SMILES string of the molecule is Cc1ccc2c(c1)C1=C(C(c3ccc(Br)cc3)O2)C(c2ccc(Br)cc2)n2ncnc2N1C. The average Bonchev–Trinajstić information content (AvgIpc) is 3.30. The Morgan fingerprint density at radius 2 is 1.55 bits per heavy atom. The fourth-order valence-electron chi connectivity index (χ4n) is 4.80. The van der Waals surface area contributed by atoms with Crippen LogP contribution in [0, 0.1) is 6.92 Å². The van der Waals surface area contributed by atoms with Gasteiger partial charge in [0.15, 0.2) is 0 Å². The third-order valence-corrected chi connectivity index (χ3v) is 7.34. The summed E-state index contributed by atoms with van der Waals surface area (Å²) >= 11 is 7.14. The summed E-state index contributed by atoms with van der Waals surface area (Å²) in [6.45, 7) is 2.11. The molecule has 164 valence electrons. The molecule has 2 unspecified atom stereocenters. The number of benzene rings is 3. The summed E-state index contributed by atoms with van der Waals surface area (Å²) in [4.78, 5) is 6.76. The molecule has 2 aliphatic rings. The first kappa shape index (κ1) is 20.7. The first-order chi connectivity index (χ1) is 16.0. The Kier molecular flexibility index (Phi) is 4.92. The van der Waals surface area contributed by atoms with Crippen molar-refractivity contribution in [1.82, 2.24) is 14.8 Å². The summed E-state index contributed by atoms with van der Waals surface area (Å²) in [6.07, 6.45) is 1.36. The quantitative estimate of drug-likeness (QED) is 0.272.